The fraction of sp³-hybridized carbons (Fsp3) is 0.643. The Morgan fingerprint density at radius 1 is 1.06 bits per heavy atom. The van der Waals surface area contributed by atoms with Crippen molar-refractivity contribution >= 4 is 0 Å². The average molecular weight is 439 g/mol. The van der Waals surface area contributed by atoms with E-state index in [0.717, 1.165) is 57.1 Å². The van der Waals surface area contributed by atoms with E-state index in [9.17, 15) is 10.2 Å². The van der Waals surface area contributed by atoms with Gasteiger partial charge in [-0.2, -0.15) is 0 Å². The molecule has 0 amide bonds. The third kappa shape index (κ3) is 5.77. The van der Waals surface area contributed by atoms with Gasteiger partial charge in [-0.05, 0) is 106 Å². The molecule has 7 unspecified atom stereocenters. The third-order valence-electron chi connectivity index (χ3n) is 8.50. The second-order valence-electron chi connectivity index (χ2n) is 11.2. The number of allylic oxidation sites excluding steroid dienone is 8. The number of aliphatic hydroxyl groups excluding tert-OH is 2. The molecule has 4 rings (SSSR count). The normalized spacial score (nSPS) is 39.9. The molecule has 0 bridgehead atoms. The topological polar surface area (TPSA) is 92.5 Å². The number of rotatable bonds is 6. The van der Waals surface area contributed by atoms with Crippen LogP contribution in [0.25, 0.3) is 0 Å². The first-order valence-electron chi connectivity index (χ1n) is 12.6. The first-order chi connectivity index (χ1) is 15.3. The van der Waals surface area contributed by atoms with Gasteiger partial charge < -0.3 is 21.7 Å². The zero-order valence-electron chi connectivity index (χ0n) is 19.6. The van der Waals surface area contributed by atoms with Gasteiger partial charge in [-0.1, -0.05) is 36.8 Å². The Labute approximate surface area is 193 Å². The van der Waals surface area contributed by atoms with Crippen molar-refractivity contribution in [3.05, 3.63) is 59.6 Å². The zero-order chi connectivity index (χ0) is 22.7. The lowest BCUT2D eigenvalue weighted by Crippen LogP contribution is -2.46. The summed E-state index contributed by atoms with van der Waals surface area (Å²) >= 11 is 0. The summed E-state index contributed by atoms with van der Waals surface area (Å²) in [6.07, 6.45) is 25.0. The van der Waals surface area contributed by atoms with Crippen LogP contribution in [-0.4, -0.2) is 22.4 Å². The lowest BCUT2D eigenvalue weighted by Gasteiger charge is -2.45. The Morgan fingerprint density at radius 2 is 1.91 bits per heavy atom. The maximum Gasteiger partial charge on any atom is 0.111 e. The molecule has 0 saturated heterocycles. The summed E-state index contributed by atoms with van der Waals surface area (Å²) in [6.45, 7) is 2.40. The molecule has 32 heavy (non-hydrogen) atoms. The highest BCUT2D eigenvalue weighted by atomic mass is 16.3. The van der Waals surface area contributed by atoms with E-state index >= 15 is 0 Å². The van der Waals surface area contributed by atoms with Gasteiger partial charge in [0, 0.05) is 17.7 Å². The fourth-order valence-electron chi connectivity index (χ4n) is 6.51. The molecule has 4 heteroatoms. The van der Waals surface area contributed by atoms with Gasteiger partial charge in [-0.25, -0.2) is 0 Å². The van der Waals surface area contributed by atoms with Gasteiger partial charge in [0.25, 0.3) is 0 Å². The number of hydrogen-bond donors (Lipinski definition) is 4. The molecule has 0 aliphatic heterocycles. The summed E-state index contributed by atoms with van der Waals surface area (Å²) in [4.78, 5) is 0. The Bertz CT molecular complexity index is 823. The van der Waals surface area contributed by atoms with Gasteiger partial charge in [-0.3, -0.25) is 0 Å². The lowest BCUT2D eigenvalue weighted by molar-refractivity contribution is 0.0940. The van der Waals surface area contributed by atoms with Crippen LogP contribution in [0.1, 0.15) is 71.1 Å². The van der Waals surface area contributed by atoms with E-state index in [0.29, 0.717) is 29.4 Å². The van der Waals surface area contributed by atoms with Crippen LogP contribution in [0.5, 0.6) is 0 Å². The SMILES string of the molecule is CC1(CC2C=CC(O)CC2)CC(CC2=CC=C(N)C(CC3C=CC(O)=CC3)C2)CCC1N. The maximum absolute atomic E-state index is 9.78. The molecule has 0 spiro atoms. The van der Waals surface area contributed by atoms with Crippen molar-refractivity contribution in [1.29, 1.82) is 0 Å². The monoisotopic (exact) mass is 438 g/mol. The van der Waals surface area contributed by atoms with Crippen LogP contribution in [-0.2, 0) is 0 Å². The first kappa shape index (κ1) is 23.4. The van der Waals surface area contributed by atoms with Crippen molar-refractivity contribution in [2.45, 2.75) is 83.3 Å². The van der Waals surface area contributed by atoms with Gasteiger partial charge >= 0.3 is 0 Å². The molecular weight excluding hydrogens is 396 g/mol. The number of hydrogen-bond acceptors (Lipinski definition) is 4. The van der Waals surface area contributed by atoms with Crippen molar-refractivity contribution in [2.75, 3.05) is 0 Å². The molecule has 1 fully saturated rings. The van der Waals surface area contributed by atoms with E-state index < -0.39 is 0 Å². The van der Waals surface area contributed by atoms with Crippen LogP contribution in [0, 0.1) is 29.1 Å². The predicted molar refractivity (Wildman–Crippen MR) is 132 cm³/mol. The minimum absolute atomic E-state index is 0.172. The Kier molecular flexibility index (Phi) is 7.31. The highest BCUT2D eigenvalue weighted by Gasteiger charge is 2.40. The van der Waals surface area contributed by atoms with E-state index in [-0.39, 0.29) is 17.6 Å². The van der Waals surface area contributed by atoms with Crippen LogP contribution in [0.4, 0.5) is 0 Å². The second-order valence-corrected chi connectivity index (χ2v) is 11.2. The van der Waals surface area contributed by atoms with Gasteiger partial charge in [0.05, 0.1) is 6.10 Å². The quantitative estimate of drug-likeness (QED) is 0.416. The minimum Gasteiger partial charge on any atom is -0.508 e. The van der Waals surface area contributed by atoms with E-state index in [2.05, 4.69) is 31.2 Å². The van der Waals surface area contributed by atoms with Crippen LogP contribution in [0.2, 0.25) is 0 Å². The molecule has 6 N–H and O–H groups in total. The Balaban J connectivity index is 1.34. The summed E-state index contributed by atoms with van der Waals surface area (Å²) in [6, 6.07) is 0.269. The largest absolute Gasteiger partial charge is 0.508 e. The molecule has 7 atom stereocenters. The van der Waals surface area contributed by atoms with Gasteiger partial charge in [0.1, 0.15) is 5.76 Å². The first-order valence-corrected chi connectivity index (χ1v) is 12.6. The van der Waals surface area contributed by atoms with Crippen LogP contribution in [0.3, 0.4) is 0 Å². The summed E-state index contributed by atoms with van der Waals surface area (Å²) < 4.78 is 0. The Hall–Kier alpha value is -1.78. The molecule has 1 saturated carbocycles. The second kappa shape index (κ2) is 10.0. The molecule has 4 aliphatic carbocycles. The Morgan fingerprint density at radius 3 is 2.62 bits per heavy atom. The molecule has 0 aromatic carbocycles. The summed E-state index contributed by atoms with van der Waals surface area (Å²) in [5.74, 6) is 2.47. The van der Waals surface area contributed by atoms with Crippen LogP contribution >= 0.6 is 0 Å². The maximum atomic E-state index is 9.78. The smallest absolute Gasteiger partial charge is 0.111 e. The molecule has 176 valence electrons. The summed E-state index contributed by atoms with van der Waals surface area (Å²) in [5, 5.41) is 19.4. The lowest BCUT2D eigenvalue weighted by atomic mass is 9.62. The third-order valence-corrected chi connectivity index (χ3v) is 8.50. The predicted octanol–water partition coefficient (Wildman–Crippen LogP) is 5.42. The fourth-order valence-corrected chi connectivity index (χ4v) is 6.51. The average Bonchev–Trinajstić information content (AvgIpc) is 2.76. The van der Waals surface area contributed by atoms with Crippen LogP contribution in [0.15, 0.2) is 59.6 Å². The number of nitrogens with two attached hydrogens (primary N) is 2. The van der Waals surface area contributed by atoms with Crippen molar-refractivity contribution in [1.82, 2.24) is 0 Å². The highest BCUT2D eigenvalue weighted by Crippen LogP contribution is 2.47. The molecule has 0 aromatic rings. The van der Waals surface area contributed by atoms with Crippen molar-refractivity contribution < 1.29 is 10.2 Å². The van der Waals surface area contributed by atoms with Crippen molar-refractivity contribution in [3.8, 4) is 0 Å². The minimum atomic E-state index is -0.260. The van der Waals surface area contributed by atoms with Gasteiger partial charge in [0.15, 0.2) is 0 Å². The van der Waals surface area contributed by atoms with Crippen molar-refractivity contribution in [3.63, 3.8) is 0 Å². The molecule has 4 nitrogen and oxygen atoms in total. The molecule has 0 radical (unpaired) electrons. The van der Waals surface area contributed by atoms with E-state index in [4.69, 9.17) is 11.5 Å². The molecule has 0 aromatic heterocycles. The summed E-state index contributed by atoms with van der Waals surface area (Å²) in [7, 11) is 0. The molecular formula is C28H42N2O2. The van der Waals surface area contributed by atoms with E-state index in [1.807, 2.05) is 18.2 Å². The van der Waals surface area contributed by atoms with Gasteiger partial charge in [-0.15, -0.1) is 0 Å². The highest BCUT2D eigenvalue weighted by molar-refractivity contribution is 5.26. The number of aliphatic hydroxyl groups is 2. The van der Waals surface area contributed by atoms with Crippen molar-refractivity contribution in [2.24, 2.45) is 40.6 Å². The molecule has 0 heterocycles. The van der Waals surface area contributed by atoms with Crippen LogP contribution < -0.4 is 11.5 Å². The standard InChI is InChI=1S/C28H42N2O2/c1-28(17-20-4-10-25(32)11-5-20)18-22(7-13-27(28)30)14-21-6-12-26(29)23(16-21)15-19-2-8-24(31)9-3-19/h2,4,6,8-10,12,19-20,22-23,25,27,31-32H,3,5,7,11,13-18,29-30H2,1H3. The zero-order valence-corrected chi connectivity index (χ0v) is 19.6. The van der Waals surface area contributed by atoms with E-state index in [1.54, 1.807) is 0 Å². The molecule has 4 aliphatic rings. The van der Waals surface area contributed by atoms with E-state index in [1.165, 1.54) is 18.4 Å². The van der Waals surface area contributed by atoms with Gasteiger partial charge in [0.2, 0.25) is 0 Å². The summed E-state index contributed by atoms with van der Waals surface area (Å²) in [5.41, 5.74) is 15.8.